The third kappa shape index (κ3) is 3.25. The highest BCUT2D eigenvalue weighted by atomic mass is 79.9. The summed E-state index contributed by atoms with van der Waals surface area (Å²) in [6.07, 6.45) is 3.80. The minimum atomic E-state index is 0.677. The number of anilines is 1. The molecule has 0 bridgehead atoms. The average Bonchev–Trinajstić information content (AvgIpc) is 2.93. The summed E-state index contributed by atoms with van der Waals surface area (Å²) >= 11 is 3.55. The van der Waals surface area contributed by atoms with Crippen LogP contribution in [0.5, 0.6) is 11.5 Å². The maximum Gasteiger partial charge on any atom is 0.161 e. The number of halogens is 1. The van der Waals surface area contributed by atoms with Gasteiger partial charge in [0.25, 0.3) is 0 Å². The maximum atomic E-state index is 5.32. The van der Waals surface area contributed by atoms with Gasteiger partial charge in [-0.3, -0.25) is 4.68 Å². The van der Waals surface area contributed by atoms with Crippen LogP contribution in [0.25, 0.3) is 0 Å². The van der Waals surface area contributed by atoms with Gasteiger partial charge >= 0.3 is 0 Å². The Morgan fingerprint density at radius 1 is 1.25 bits per heavy atom. The van der Waals surface area contributed by atoms with Gasteiger partial charge < -0.3 is 14.8 Å². The lowest BCUT2D eigenvalue weighted by atomic mass is 10.2. The number of nitrogens with one attached hydrogen (secondary N) is 1. The van der Waals surface area contributed by atoms with Crippen molar-refractivity contribution < 1.29 is 9.47 Å². The molecule has 2 rings (SSSR count). The summed E-state index contributed by atoms with van der Waals surface area (Å²) in [6.45, 7) is 3.60. The Balaban J connectivity index is 2.12. The second-order valence-electron chi connectivity index (χ2n) is 4.24. The summed E-state index contributed by atoms with van der Waals surface area (Å²) in [7, 11) is 3.26. The molecule has 0 amide bonds. The number of hydrogen-bond donors (Lipinski definition) is 1. The number of aryl methyl sites for hydroxylation is 1. The number of aromatic nitrogens is 2. The number of ether oxygens (including phenoxy) is 2. The van der Waals surface area contributed by atoms with Crippen molar-refractivity contribution in [3.8, 4) is 11.5 Å². The molecule has 108 valence electrons. The van der Waals surface area contributed by atoms with E-state index in [-0.39, 0.29) is 0 Å². The van der Waals surface area contributed by atoms with E-state index < -0.39 is 0 Å². The summed E-state index contributed by atoms with van der Waals surface area (Å²) in [4.78, 5) is 0. The van der Waals surface area contributed by atoms with Crippen LogP contribution in [0.15, 0.2) is 29.0 Å². The van der Waals surface area contributed by atoms with E-state index in [9.17, 15) is 0 Å². The van der Waals surface area contributed by atoms with Crippen LogP contribution in [0, 0.1) is 0 Å². The summed E-state index contributed by atoms with van der Waals surface area (Å²) in [5.74, 6) is 1.43. The molecule has 0 spiro atoms. The van der Waals surface area contributed by atoms with Crippen LogP contribution < -0.4 is 14.8 Å². The fraction of sp³-hybridized carbons (Fsp3) is 0.357. The molecule has 0 saturated carbocycles. The largest absolute Gasteiger partial charge is 0.493 e. The second kappa shape index (κ2) is 6.65. The molecule has 0 fully saturated rings. The molecular weight excluding hydrogens is 322 g/mol. The van der Waals surface area contributed by atoms with Gasteiger partial charge in [-0.05, 0) is 24.6 Å². The molecule has 2 aromatic rings. The van der Waals surface area contributed by atoms with Crippen LogP contribution in [0.2, 0.25) is 0 Å². The van der Waals surface area contributed by atoms with Gasteiger partial charge in [-0.25, -0.2) is 0 Å². The molecule has 0 atom stereocenters. The topological polar surface area (TPSA) is 48.3 Å². The Morgan fingerprint density at radius 3 is 2.55 bits per heavy atom. The summed E-state index contributed by atoms with van der Waals surface area (Å²) < 4.78 is 13.4. The van der Waals surface area contributed by atoms with E-state index in [1.807, 2.05) is 29.2 Å². The number of benzene rings is 1. The quantitative estimate of drug-likeness (QED) is 0.877. The van der Waals surface area contributed by atoms with E-state index in [1.165, 1.54) is 0 Å². The molecular formula is C14H18BrN3O2. The fourth-order valence-electron chi connectivity index (χ4n) is 1.86. The molecule has 0 aliphatic heterocycles. The third-order valence-corrected chi connectivity index (χ3v) is 3.73. The Kier molecular flexibility index (Phi) is 4.89. The van der Waals surface area contributed by atoms with Crippen molar-refractivity contribution in [3.05, 3.63) is 34.6 Å². The van der Waals surface area contributed by atoms with Gasteiger partial charge in [-0.2, -0.15) is 5.10 Å². The lowest BCUT2D eigenvalue weighted by Crippen LogP contribution is -2.01. The van der Waals surface area contributed by atoms with E-state index in [4.69, 9.17) is 9.47 Å². The first-order chi connectivity index (χ1) is 9.67. The number of methoxy groups -OCH3 is 2. The Bertz CT molecular complexity index is 584. The number of nitrogens with zero attached hydrogens (tertiary/aromatic N) is 2. The molecule has 1 aromatic carbocycles. The SMILES string of the molecule is CCn1cc(NCc2cc(OC)c(OC)cc2Br)cn1. The predicted octanol–water partition coefficient (Wildman–Crippen LogP) is 3.29. The van der Waals surface area contributed by atoms with Crippen LogP contribution in [-0.2, 0) is 13.1 Å². The smallest absolute Gasteiger partial charge is 0.161 e. The van der Waals surface area contributed by atoms with Crippen molar-refractivity contribution in [2.45, 2.75) is 20.0 Å². The first-order valence-electron chi connectivity index (χ1n) is 6.34. The maximum absolute atomic E-state index is 5.32. The zero-order valence-electron chi connectivity index (χ0n) is 11.8. The predicted molar refractivity (Wildman–Crippen MR) is 82.5 cm³/mol. The molecule has 1 heterocycles. The summed E-state index contributed by atoms with van der Waals surface area (Å²) in [6, 6.07) is 3.87. The van der Waals surface area contributed by atoms with Crippen LogP contribution in [0.1, 0.15) is 12.5 Å². The number of hydrogen-bond acceptors (Lipinski definition) is 4. The zero-order chi connectivity index (χ0) is 14.5. The molecule has 0 radical (unpaired) electrons. The van der Waals surface area contributed by atoms with E-state index in [0.717, 1.165) is 28.0 Å². The fourth-order valence-corrected chi connectivity index (χ4v) is 2.32. The van der Waals surface area contributed by atoms with Gasteiger partial charge in [0.1, 0.15) is 0 Å². The third-order valence-electron chi connectivity index (χ3n) is 2.99. The summed E-state index contributed by atoms with van der Waals surface area (Å²) in [5, 5.41) is 7.56. The van der Waals surface area contributed by atoms with Crippen molar-refractivity contribution in [2.24, 2.45) is 0 Å². The van der Waals surface area contributed by atoms with Crippen molar-refractivity contribution in [2.75, 3.05) is 19.5 Å². The highest BCUT2D eigenvalue weighted by Gasteiger charge is 2.09. The van der Waals surface area contributed by atoms with Crippen molar-refractivity contribution in [3.63, 3.8) is 0 Å². The van der Waals surface area contributed by atoms with E-state index in [1.54, 1.807) is 14.2 Å². The molecule has 1 aromatic heterocycles. The molecule has 0 aliphatic carbocycles. The first kappa shape index (κ1) is 14.7. The average molecular weight is 340 g/mol. The first-order valence-corrected chi connectivity index (χ1v) is 7.14. The zero-order valence-corrected chi connectivity index (χ0v) is 13.4. The van der Waals surface area contributed by atoms with Crippen LogP contribution in [0.3, 0.4) is 0 Å². The Hall–Kier alpha value is -1.69. The van der Waals surface area contributed by atoms with Gasteiger partial charge in [0, 0.05) is 23.8 Å². The van der Waals surface area contributed by atoms with Crippen molar-refractivity contribution in [1.29, 1.82) is 0 Å². The highest BCUT2D eigenvalue weighted by Crippen LogP contribution is 2.33. The second-order valence-corrected chi connectivity index (χ2v) is 5.09. The number of rotatable bonds is 6. The van der Waals surface area contributed by atoms with E-state index in [2.05, 4.69) is 33.3 Å². The highest BCUT2D eigenvalue weighted by molar-refractivity contribution is 9.10. The standard InChI is InChI=1S/C14H18BrN3O2/c1-4-18-9-11(8-17-18)16-7-10-5-13(19-2)14(20-3)6-12(10)15/h5-6,8-9,16H,4,7H2,1-3H3. The minimum absolute atomic E-state index is 0.677. The molecule has 0 unspecified atom stereocenters. The normalized spacial score (nSPS) is 10.4. The van der Waals surface area contributed by atoms with Gasteiger partial charge in [-0.1, -0.05) is 15.9 Å². The van der Waals surface area contributed by atoms with Crippen LogP contribution in [-0.4, -0.2) is 24.0 Å². The molecule has 0 saturated heterocycles. The van der Waals surface area contributed by atoms with Gasteiger partial charge in [0.05, 0.1) is 26.1 Å². The lowest BCUT2D eigenvalue weighted by Gasteiger charge is -2.12. The molecule has 6 heteroatoms. The van der Waals surface area contributed by atoms with Crippen LogP contribution in [0.4, 0.5) is 5.69 Å². The Morgan fingerprint density at radius 2 is 1.95 bits per heavy atom. The van der Waals surface area contributed by atoms with E-state index in [0.29, 0.717) is 12.3 Å². The molecule has 0 aliphatic rings. The van der Waals surface area contributed by atoms with Crippen LogP contribution >= 0.6 is 15.9 Å². The van der Waals surface area contributed by atoms with E-state index >= 15 is 0 Å². The Labute approximate surface area is 127 Å². The molecule has 20 heavy (non-hydrogen) atoms. The van der Waals surface area contributed by atoms with Crippen molar-refractivity contribution in [1.82, 2.24) is 9.78 Å². The van der Waals surface area contributed by atoms with Crippen molar-refractivity contribution >= 4 is 21.6 Å². The van der Waals surface area contributed by atoms with Gasteiger partial charge in [0.2, 0.25) is 0 Å². The summed E-state index contributed by atoms with van der Waals surface area (Å²) in [5.41, 5.74) is 2.08. The van der Waals surface area contributed by atoms with Gasteiger partial charge in [-0.15, -0.1) is 0 Å². The molecule has 5 nitrogen and oxygen atoms in total. The minimum Gasteiger partial charge on any atom is -0.493 e. The van der Waals surface area contributed by atoms with Gasteiger partial charge in [0.15, 0.2) is 11.5 Å². The monoisotopic (exact) mass is 339 g/mol. The lowest BCUT2D eigenvalue weighted by molar-refractivity contribution is 0.354. The molecule has 1 N–H and O–H groups in total.